The molecule has 0 radical (unpaired) electrons. The van der Waals surface area contributed by atoms with Gasteiger partial charge in [0.1, 0.15) is 6.10 Å². The molecule has 1 aromatic rings. The standard InChI is InChI=1S/C12H13F2NO4/c13-11(14)9(16)6-15-10(17)5-7-3-1-2-4-8(7)12(18)19/h1-4,9,11,16H,5-6H2,(H,15,17)(H,18,19). The molecule has 1 aromatic carbocycles. The lowest BCUT2D eigenvalue weighted by Crippen LogP contribution is -2.36. The first-order valence-corrected chi connectivity index (χ1v) is 5.46. The Hall–Kier alpha value is -2.02. The Morgan fingerprint density at radius 3 is 2.47 bits per heavy atom. The zero-order valence-corrected chi connectivity index (χ0v) is 9.85. The van der Waals surface area contributed by atoms with Crippen molar-refractivity contribution in [3.8, 4) is 0 Å². The van der Waals surface area contributed by atoms with Gasteiger partial charge in [-0.3, -0.25) is 4.79 Å². The topological polar surface area (TPSA) is 86.6 Å². The molecular weight excluding hydrogens is 260 g/mol. The number of hydrogen-bond donors (Lipinski definition) is 3. The quantitative estimate of drug-likeness (QED) is 0.711. The molecular formula is C12H13F2NO4. The number of hydrogen-bond acceptors (Lipinski definition) is 3. The zero-order chi connectivity index (χ0) is 14.4. The molecule has 0 fully saturated rings. The largest absolute Gasteiger partial charge is 0.478 e. The van der Waals surface area contributed by atoms with E-state index >= 15 is 0 Å². The Morgan fingerprint density at radius 2 is 1.89 bits per heavy atom. The Labute approximate surface area is 107 Å². The van der Waals surface area contributed by atoms with E-state index in [0.717, 1.165) is 0 Å². The normalized spacial score (nSPS) is 12.2. The number of amides is 1. The van der Waals surface area contributed by atoms with E-state index in [9.17, 15) is 18.4 Å². The highest BCUT2D eigenvalue weighted by Crippen LogP contribution is 2.09. The third-order valence-electron chi connectivity index (χ3n) is 2.40. The number of aliphatic hydroxyl groups excluding tert-OH is 1. The Morgan fingerprint density at radius 1 is 1.26 bits per heavy atom. The molecule has 1 rings (SSSR count). The molecule has 0 aliphatic carbocycles. The molecule has 0 aromatic heterocycles. The summed E-state index contributed by atoms with van der Waals surface area (Å²) in [6.45, 7) is -0.578. The lowest BCUT2D eigenvalue weighted by Gasteiger charge is -2.11. The van der Waals surface area contributed by atoms with E-state index < -0.39 is 31.0 Å². The third kappa shape index (κ3) is 4.63. The number of benzene rings is 1. The first-order chi connectivity index (χ1) is 8.91. The number of alkyl halides is 2. The van der Waals surface area contributed by atoms with Gasteiger partial charge in [-0.15, -0.1) is 0 Å². The maximum absolute atomic E-state index is 12.0. The van der Waals surface area contributed by atoms with Crippen LogP contribution in [0.25, 0.3) is 0 Å². The molecule has 0 saturated heterocycles. The van der Waals surface area contributed by atoms with Crippen LogP contribution >= 0.6 is 0 Å². The van der Waals surface area contributed by atoms with Crippen LogP contribution in [0.4, 0.5) is 8.78 Å². The van der Waals surface area contributed by atoms with Crippen molar-refractivity contribution in [1.82, 2.24) is 5.32 Å². The van der Waals surface area contributed by atoms with Gasteiger partial charge in [-0.25, -0.2) is 13.6 Å². The third-order valence-corrected chi connectivity index (χ3v) is 2.40. The number of aliphatic hydroxyl groups is 1. The highest BCUT2D eigenvalue weighted by Gasteiger charge is 2.18. The first-order valence-electron chi connectivity index (χ1n) is 5.46. The van der Waals surface area contributed by atoms with Crippen molar-refractivity contribution in [1.29, 1.82) is 0 Å². The van der Waals surface area contributed by atoms with Gasteiger partial charge in [0.05, 0.1) is 12.0 Å². The lowest BCUT2D eigenvalue weighted by molar-refractivity contribution is -0.121. The minimum absolute atomic E-state index is 0.0212. The van der Waals surface area contributed by atoms with Crippen LogP contribution in [0, 0.1) is 0 Å². The summed E-state index contributed by atoms with van der Waals surface area (Å²) in [5.41, 5.74) is 0.256. The molecule has 104 valence electrons. The summed E-state index contributed by atoms with van der Waals surface area (Å²) in [5.74, 6) is -1.80. The zero-order valence-electron chi connectivity index (χ0n) is 9.85. The fourth-order valence-corrected chi connectivity index (χ4v) is 1.43. The molecule has 19 heavy (non-hydrogen) atoms. The van der Waals surface area contributed by atoms with Crippen LogP contribution in [0.15, 0.2) is 24.3 Å². The summed E-state index contributed by atoms with van der Waals surface area (Å²) in [7, 11) is 0. The van der Waals surface area contributed by atoms with Crippen molar-refractivity contribution in [2.45, 2.75) is 19.0 Å². The molecule has 5 nitrogen and oxygen atoms in total. The fourth-order valence-electron chi connectivity index (χ4n) is 1.43. The molecule has 0 spiro atoms. The van der Waals surface area contributed by atoms with Gasteiger partial charge in [0.2, 0.25) is 5.91 Å². The Bertz CT molecular complexity index is 465. The van der Waals surface area contributed by atoms with Crippen LogP contribution in [0.2, 0.25) is 0 Å². The van der Waals surface area contributed by atoms with E-state index in [4.69, 9.17) is 10.2 Å². The molecule has 7 heteroatoms. The van der Waals surface area contributed by atoms with Crippen LogP contribution in [0.1, 0.15) is 15.9 Å². The van der Waals surface area contributed by atoms with E-state index in [1.54, 1.807) is 6.07 Å². The maximum atomic E-state index is 12.0. The minimum atomic E-state index is -2.94. The van der Waals surface area contributed by atoms with Gasteiger partial charge in [0.15, 0.2) is 0 Å². The smallest absolute Gasteiger partial charge is 0.335 e. The van der Waals surface area contributed by atoms with Gasteiger partial charge in [0.25, 0.3) is 6.43 Å². The summed E-state index contributed by atoms with van der Waals surface area (Å²) in [4.78, 5) is 22.3. The summed E-state index contributed by atoms with van der Waals surface area (Å²) < 4.78 is 24.0. The molecule has 0 bridgehead atoms. The summed E-state index contributed by atoms with van der Waals surface area (Å²) in [6.07, 6.45) is -5.12. The number of halogens is 2. The number of carboxylic acid groups (broad SMARTS) is 1. The van der Waals surface area contributed by atoms with Gasteiger partial charge in [-0.1, -0.05) is 18.2 Å². The average molecular weight is 273 g/mol. The van der Waals surface area contributed by atoms with E-state index in [2.05, 4.69) is 5.32 Å². The number of nitrogens with one attached hydrogen (secondary N) is 1. The summed E-state index contributed by atoms with van der Waals surface area (Å²) >= 11 is 0. The second-order valence-electron chi connectivity index (χ2n) is 3.84. The number of aromatic carboxylic acids is 1. The molecule has 1 unspecified atom stereocenters. The summed E-state index contributed by atoms with van der Waals surface area (Å²) in [6, 6.07) is 5.90. The first kappa shape index (κ1) is 15.0. The SMILES string of the molecule is O=C(Cc1ccccc1C(=O)O)NCC(O)C(F)F. The van der Waals surface area contributed by atoms with Crippen molar-refractivity contribution < 1.29 is 28.6 Å². The molecule has 1 amide bonds. The predicted octanol–water partition coefficient (Wildman–Crippen LogP) is 0.669. The van der Waals surface area contributed by atoms with Crippen LogP contribution in [0.3, 0.4) is 0 Å². The fraction of sp³-hybridized carbons (Fsp3) is 0.333. The van der Waals surface area contributed by atoms with Crippen molar-refractivity contribution in [3.05, 3.63) is 35.4 Å². The van der Waals surface area contributed by atoms with Gasteiger partial charge in [-0.2, -0.15) is 0 Å². The maximum Gasteiger partial charge on any atom is 0.335 e. The van der Waals surface area contributed by atoms with Crippen LogP contribution in [0.5, 0.6) is 0 Å². The minimum Gasteiger partial charge on any atom is -0.478 e. The highest BCUT2D eigenvalue weighted by molar-refractivity contribution is 5.91. The van der Waals surface area contributed by atoms with Crippen molar-refractivity contribution in [2.75, 3.05) is 6.54 Å². The molecule has 0 saturated carbocycles. The molecule has 0 aliphatic rings. The van der Waals surface area contributed by atoms with Gasteiger partial charge in [0, 0.05) is 6.54 Å². The predicted molar refractivity (Wildman–Crippen MR) is 62.1 cm³/mol. The van der Waals surface area contributed by atoms with Crippen LogP contribution in [-0.2, 0) is 11.2 Å². The number of carbonyl (C=O) groups is 2. The number of carboxylic acids is 1. The average Bonchev–Trinajstić information content (AvgIpc) is 2.36. The number of carbonyl (C=O) groups excluding carboxylic acids is 1. The van der Waals surface area contributed by atoms with Gasteiger partial charge >= 0.3 is 5.97 Å². The Balaban J connectivity index is 2.60. The van der Waals surface area contributed by atoms with Crippen molar-refractivity contribution >= 4 is 11.9 Å². The van der Waals surface area contributed by atoms with Crippen molar-refractivity contribution in [2.24, 2.45) is 0 Å². The van der Waals surface area contributed by atoms with Crippen LogP contribution in [-0.4, -0.2) is 41.2 Å². The van der Waals surface area contributed by atoms with Crippen LogP contribution < -0.4 is 5.32 Å². The lowest BCUT2D eigenvalue weighted by atomic mass is 10.0. The molecule has 3 N–H and O–H groups in total. The Kier molecular flexibility index (Phi) is 5.37. The van der Waals surface area contributed by atoms with E-state index in [1.807, 2.05) is 0 Å². The highest BCUT2D eigenvalue weighted by atomic mass is 19.3. The van der Waals surface area contributed by atoms with Gasteiger partial charge in [-0.05, 0) is 11.6 Å². The second kappa shape index (κ2) is 6.79. The second-order valence-corrected chi connectivity index (χ2v) is 3.84. The molecule has 0 aliphatic heterocycles. The van der Waals surface area contributed by atoms with E-state index in [-0.39, 0.29) is 17.5 Å². The van der Waals surface area contributed by atoms with E-state index in [1.165, 1.54) is 18.2 Å². The molecule has 1 atom stereocenters. The molecule has 0 heterocycles. The summed E-state index contributed by atoms with van der Waals surface area (Å²) in [5, 5.41) is 19.8. The van der Waals surface area contributed by atoms with E-state index in [0.29, 0.717) is 0 Å². The van der Waals surface area contributed by atoms with Crippen molar-refractivity contribution in [3.63, 3.8) is 0 Å². The van der Waals surface area contributed by atoms with Gasteiger partial charge < -0.3 is 15.5 Å². The monoisotopic (exact) mass is 273 g/mol. The number of rotatable bonds is 6.